The van der Waals surface area contributed by atoms with E-state index >= 15 is 0 Å². The fourth-order valence-corrected chi connectivity index (χ4v) is 6.18. The summed E-state index contributed by atoms with van der Waals surface area (Å²) in [5.41, 5.74) is 1.30. The normalized spacial score (nSPS) is 19.2. The van der Waals surface area contributed by atoms with Crippen molar-refractivity contribution >= 4 is 17.3 Å². The third kappa shape index (κ3) is 10.4. The highest BCUT2D eigenvalue weighted by Gasteiger charge is 2.50. The van der Waals surface area contributed by atoms with Crippen molar-refractivity contribution in [1.82, 2.24) is 0 Å². The summed E-state index contributed by atoms with van der Waals surface area (Å²) in [5, 5.41) is 24.2. The maximum absolute atomic E-state index is 13.1. The number of hydrogen-bond acceptors (Lipinski definition) is 12. The van der Waals surface area contributed by atoms with Gasteiger partial charge in [0.25, 0.3) is 5.69 Å². The molecule has 14 nitrogen and oxygen atoms in total. The average Bonchev–Trinajstić information content (AvgIpc) is 3.23. The van der Waals surface area contributed by atoms with Crippen LogP contribution in [0.3, 0.4) is 0 Å². The molecular formula is C42H40N2O12. The largest absolute Gasteiger partial charge is 0.465 e. The first-order chi connectivity index (χ1) is 27.3. The first kappa shape index (κ1) is 39.7. The van der Waals surface area contributed by atoms with Gasteiger partial charge in [0.15, 0.2) is 0 Å². The third-order valence-corrected chi connectivity index (χ3v) is 8.94. The molecule has 5 atom stereocenters. The quantitative estimate of drug-likeness (QED) is 0.0494. The van der Waals surface area contributed by atoms with Gasteiger partial charge in [-0.2, -0.15) is 0 Å². The van der Waals surface area contributed by atoms with Crippen LogP contribution in [-0.2, 0) is 54.8 Å². The van der Waals surface area contributed by atoms with Crippen molar-refractivity contribution in [2.45, 2.75) is 57.1 Å². The molecular weight excluding hydrogens is 724 g/mol. The van der Waals surface area contributed by atoms with E-state index in [0.29, 0.717) is 6.07 Å². The number of nitro benzene ring substituents is 2. The number of esters is 1. The van der Waals surface area contributed by atoms with Crippen molar-refractivity contribution < 1.29 is 47.8 Å². The van der Waals surface area contributed by atoms with Crippen molar-refractivity contribution in [3.8, 4) is 5.75 Å². The minimum Gasteiger partial charge on any atom is -0.465 e. The van der Waals surface area contributed by atoms with Crippen LogP contribution >= 0.6 is 0 Å². The van der Waals surface area contributed by atoms with Gasteiger partial charge in [-0.15, -0.1) is 0 Å². The number of carbonyl (C=O) groups excluding carboxylic acids is 1. The fourth-order valence-electron chi connectivity index (χ4n) is 6.18. The van der Waals surface area contributed by atoms with Gasteiger partial charge in [0.1, 0.15) is 30.0 Å². The fraction of sp³-hybridized carbons (Fsp3) is 0.262. The zero-order chi connectivity index (χ0) is 39.3. The lowest BCUT2D eigenvalue weighted by Crippen LogP contribution is -2.62. The van der Waals surface area contributed by atoms with Crippen molar-refractivity contribution in [3.05, 3.63) is 182 Å². The molecule has 1 aliphatic rings. The van der Waals surface area contributed by atoms with Gasteiger partial charge in [-0.3, -0.25) is 20.2 Å². The summed E-state index contributed by atoms with van der Waals surface area (Å²) in [6.07, 6.45) is -5.42. The van der Waals surface area contributed by atoms with Gasteiger partial charge in [0.2, 0.25) is 12.0 Å². The standard InChI is InChI=1S/C42H40N2O12/c1-50-41(45)34-22-33(43(46)47)23-35(44(48)49)37(34)56-42-40(54-27-32-20-12-5-13-21-32)39(53-26-31-18-10-4-11-19-31)38(52-25-30-16-8-3-9-17-30)36(55-42)28-51-24-29-14-6-2-7-15-29/h2-23,36,38-40,42H,24-28H2,1H3/t36-,38-,39+,40+,42+/m1/s1. The smallest absolute Gasteiger partial charge is 0.342 e. The predicted molar refractivity (Wildman–Crippen MR) is 202 cm³/mol. The summed E-state index contributed by atoms with van der Waals surface area (Å²) >= 11 is 0. The molecule has 1 saturated heterocycles. The Morgan fingerprint density at radius 1 is 0.625 bits per heavy atom. The Bertz CT molecular complexity index is 2040. The molecule has 0 amide bonds. The van der Waals surface area contributed by atoms with Gasteiger partial charge in [0, 0.05) is 6.07 Å². The highest BCUT2D eigenvalue weighted by molar-refractivity contribution is 5.95. The van der Waals surface area contributed by atoms with Crippen molar-refractivity contribution in [1.29, 1.82) is 0 Å². The Kier molecular flexibility index (Phi) is 13.8. The topological polar surface area (TPSA) is 168 Å². The van der Waals surface area contributed by atoms with E-state index < -0.39 is 69.2 Å². The van der Waals surface area contributed by atoms with E-state index in [1.54, 1.807) is 0 Å². The lowest BCUT2D eigenvalue weighted by Gasteiger charge is -2.45. The predicted octanol–water partition coefficient (Wildman–Crippen LogP) is 7.37. The van der Waals surface area contributed by atoms with Crippen LogP contribution in [0.2, 0.25) is 0 Å². The maximum atomic E-state index is 13.1. The Morgan fingerprint density at radius 3 is 1.55 bits per heavy atom. The first-order valence-electron chi connectivity index (χ1n) is 17.8. The molecule has 6 rings (SSSR count). The maximum Gasteiger partial charge on any atom is 0.342 e. The van der Waals surface area contributed by atoms with Crippen LogP contribution < -0.4 is 4.74 Å². The highest BCUT2D eigenvalue weighted by Crippen LogP contribution is 2.40. The zero-order valence-electron chi connectivity index (χ0n) is 30.4. The number of ether oxygens (including phenoxy) is 7. The summed E-state index contributed by atoms with van der Waals surface area (Å²) in [6.45, 7) is 0.481. The summed E-state index contributed by atoms with van der Waals surface area (Å²) in [4.78, 5) is 35.6. The lowest BCUT2D eigenvalue weighted by atomic mass is 9.97. The molecule has 5 aromatic rings. The highest BCUT2D eigenvalue weighted by atomic mass is 16.7. The Morgan fingerprint density at radius 2 is 1.09 bits per heavy atom. The van der Waals surface area contributed by atoms with Gasteiger partial charge in [-0.25, -0.2) is 4.79 Å². The Labute approximate surface area is 322 Å². The molecule has 0 aliphatic carbocycles. The van der Waals surface area contributed by atoms with Gasteiger partial charge in [0.05, 0.1) is 56.1 Å². The number of methoxy groups -OCH3 is 1. The van der Waals surface area contributed by atoms with E-state index in [-0.39, 0.29) is 33.0 Å². The molecule has 0 unspecified atom stereocenters. The van der Waals surface area contributed by atoms with Gasteiger partial charge in [-0.1, -0.05) is 121 Å². The van der Waals surface area contributed by atoms with Crippen LogP contribution in [0.4, 0.5) is 11.4 Å². The van der Waals surface area contributed by atoms with Gasteiger partial charge < -0.3 is 33.2 Å². The number of hydrogen-bond donors (Lipinski definition) is 0. The molecule has 0 spiro atoms. The molecule has 14 heteroatoms. The molecule has 0 N–H and O–H groups in total. The number of carbonyl (C=O) groups is 1. The minimum absolute atomic E-state index is 0.0344. The number of rotatable bonds is 18. The average molecular weight is 765 g/mol. The van der Waals surface area contributed by atoms with E-state index in [1.807, 2.05) is 121 Å². The Hall–Kier alpha value is -6.03. The molecule has 5 aromatic carbocycles. The molecule has 0 saturated carbocycles. The van der Waals surface area contributed by atoms with Crippen LogP contribution in [0.25, 0.3) is 0 Å². The second-order valence-electron chi connectivity index (χ2n) is 12.8. The molecule has 290 valence electrons. The van der Waals surface area contributed by atoms with E-state index in [9.17, 15) is 25.0 Å². The van der Waals surface area contributed by atoms with Crippen LogP contribution in [0, 0.1) is 20.2 Å². The number of non-ortho nitro benzene ring substituents is 1. The van der Waals surface area contributed by atoms with Crippen molar-refractivity contribution in [3.63, 3.8) is 0 Å². The van der Waals surface area contributed by atoms with E-state index in [4.69, 9.17) is 33.2 Å². The van der Waals surface area contributed by atoms with Crippen molar-refractivity contribution in [2.24, 2.45) is 0 Å². The number of nitro groups is 2. The molecule has 0 radical (unpaired) electrons. The third-order valence-electron chi connectivity index (χ3n) is 8.94. The first-order valence-corrected chi connectivity index (χ1v) is 17.8. The molecule has 0 bridgehead atoms. The van der Waals surface area contributed by atoms with Crippen LogP contribution in [0.15, 0.2) is 133 Å². The summed E-state index contributed by atoms with van der Waals surface area (Å²) < 4.78 is 43.9. The molecule has 0 aromatic heterocycles. The minimum atomic E-state index is -1.51. The van der Waals surface area contributed by atoms with E-state index in [0.717, 1.165) is 35.4 Å². The molecule has 56 heavy (non-hydrogen) atoms. The lowest BCUT2D eigenvalue weighted by molar-refractivity contribution is -0.395. The van der Waals surface area contributed by atoms with Gasteiger partial charge in [-0.05, 0) is 22.3 Å². The molecule has 1 heterocycles. The summed E-state index contributed by atoms with van der Waals surface area (Å²) in [5.74, 6) is -1.71. The summed E-state index contributed by atoms with van der Waals surface area (Å²) in [6, 6.07) is 39.3. The zero-order valence-corrected chi connectivity index (χ0v) is 30.4. The van der Waals surface area contributed by atoms with Gasteiger partial charge >= 0.3 is 11.7 Å². The monoisotopic (exact) mass is 764 g/mol. The van der Waals surface area contributed by atoms with Crippen LogP contribution in [0.5, 0.6) is 5.75 Å². The van der Waals surface area contributed by atoms with E-state index in [1.165, 1.54) is 0 Å². The molecule has 1 fully saturated rings. The Balaban J connectivity index is 1.44. The van der Waals surface area contributed by atoms with E-state index in [2.05, 4.69) is 0 Å². The number of nitrogens with zero attached hydrogens (tertiary/aromatic N) is 2. The molecule has 1 aliphatic heterocycles. The number of benzene rings is 5. The second-order valence-corrected chi connectivity index (χ2v) is 12.8. The SMILES string of the molecule is COC(=O)c1cc([N+](=O)[O-])cc([N+](=O)[O-])c1O[C@@H]1O[C@H](COCc2ccccc2)[C@@H](OCc2ccccc2)[C@H](OCc2ccccc2)[C@@H]1OCc1ccccc1. The van der Waals surface area contributed by atoms with Crippen LogP contribution in [0.1, 0.15) is 32.6 Å². The van der Waals surface area contributed by atoms with Crippen molar-refractivity contribution in [2.75, 3.05) is 13.7 Å². The summed E-state index contributed by atoms with van der Waals surface area (Å²) in [7, 11) is 1.04. The second kappa shape index (κ2) is 19.5. The van der Waals surface area contributed by atoms with Crippen LogP contribution in [-0.4, -0.2) is 60.2 Å².